The molecule has 1 N–H and O–H groups in total. The molecule has 3 rings (SSSR count). The second-order valence-corrected chi connectivity index (χ2v) is 5.58. The third-order valence-electron chi connectivity index (χ3n) is 3.72. The van der Waals surface area contributed by atoms with Crippen LogP contribution in [0.15, 0.2) is 36.4 Å². The standard InChI is InChI=1S/C17H14ClNO2/c1-10-8-12(4-5-15(10)18)16(20)13-3-2-11-6-7-19-17(21)14(11)9-13/h2-5,8-9H,6-7H2,1H3,(H,19,21). The fourth-order valence-electron chi connectivity index (χ4n) is 2.51. The van der Waals surface area contributed by atoms with Gasteiger partial charge in [-0.3, -0.25) is 9.59 Å². The summed E-state index contributed by atoms with van der Waals surface area (Å²) in [6.07, 6.45) is 0.801. The van der Waals surface area contributed by atoms with E-state index in [1.165, 1.54) is 0 Å². The van der Waals surface area contributed by atoms with Gasteiger partial charge in [0.25, 0.3) is 5.91 Å². The monoisotopic (exact) mass is 299 g/mol. The first-order chi connectivity index (χ1) is 10.1. The molecule has 2 aromatic carbocycles. The van der Waals surface area contributed by atoms with E-state index < -0.39 is 0 Å². The number of ketones is 1. The smallest absolute Gasteiger partial charge is 0.251 e. The van der Waals surface area contributed by atoms with Gasteiger partial charge in [0.1, 0.15) is 0 Å². The van der Waals surface area contributed by atoms with Gasteiger partial charge in [-0.15, -0.1) is 0 Å². The van der Waals surface area contributed by atoms with Crippen LogP contribution in [0.1, 0.15) is 37.4 Å². The molecule has 0 saturated carbocycles. The van der Waals surface area contributed by atoms with Crippen molar-refractivity contribution in [3.8, 4) is 0 Å². The van der Waals surface area contributed by atoms with E-state index in [0.29, 0.717) is 28.3 Å². The van der Waals surface area contributed by atoms with Crippen LogP contribution in [0, 0.1) is 6.92 Å². The molecule has 0 aromatic heterocycles. The van der Waals surface area contributed by atoms with Crippen molar-refractivity contribution in [2.45, 2.75) is 13.3 Å². The quantitative estimate of drug-likeness (QED) is 0.866. The summed E-state index contributed by atoms with van der Waals surface area (Å²) in [6, 6.07) is 10.5. The van der Waals surface area contributed by atoms with E-state index in [9.17, 15) is 9.59 Å². The van der Waals surface area contributed by atoms with Crippen molar-refractivity contribution in [1.29, 1.82) is 0 Å². The first-order valence-corrected chi connectivity index (χ1v) is 7.16. The number of fused-ring (bicyclic) bond motifs is 1. The van der Waals surface area contributed by atoms with Gasteiger partial charge in [-0.2, -0.15) is 0 Å². The van der Waals surface area contributed by atoms with Crippen molar-refractivity contribution in [2.24, 2.45) is 0 Å². The first-order valence-electron chi connectivity index (χ1n) is 6.78. The summed E-state index contributed by atoms with van der Waals surface area (Å²) < 4.78 is 0. The molecule has 1 aliphatic heterocycles. The second-order valence-electron chi connectivity index (χ2n) is 5.17. The van der Waals surface area contributed by atoms with Gasteiger partial charge >= 0.3 is 0 Å². The summed E-state index contributed by atoms with van der Waals surface area (Å²) in [4.78, 5) is 24.4. The Balaban J connectivity index is 2.00. The molecule has 1 heterocycles. The minimum atomic E-state index is -0.113. The summed E-state index contributed by atoms with van der Waals surface area (Å²) in [6.45, 7) is 2.51. The number of hydrogen-bond donors (Lipinski definition) is 1. The maximum absolute atomic E-state index is 12.5. The molecular weight excluding hydrogens is 286 g/mol. The van der Waals surface area contributed by atoms with Gasteiger partial charge in [0, 0.05) is 28.3 Å². The average molecular weight is 300 g/mol. The molecule has 3 nitrogen and oxygen atoms in total. The van der Waals surface area contributed by atoms with E-state index in [1.807, 2.05) is 13.0 Å². The van der Waals surface area contributed by atoms with Gasteiger partial charge in [-0.1, -0.05) is 23.7 Å². The van der Waals surface area contributed by atoms with E-state index >= 15 is 0 Å². The van der Waals surface area contributed by atoms with Crippen molar-refractivity contribution in [1.82, 2.24) is 5.32 Å². The molecule has 0 fully saturated rings. The van der Waals surface area contributed by atoms with Crippen molar-refractivity contribution < 1.29 is 9.59 Å². The van der Waals surface area contributed by atoms with Gasteiger partial charge in [0.15, 0.2) is 5.78 Å². The fraction of sp³-hybridized carbons (Fsp3) is 0.176. The lowest BCUT2D eigenvalue weighted by Crippen LogP contribution is -2.32. The van der Waals surface area contributed by atoms with Gasteiger partial charge in [-0.25, -0.2) is 0 Å². The van der Waals surface area contributed by atoms with Crippen LogP contribution >= 0.6 is 11.6 Å². The highest BCUT2D eigenvalue weighted by molar-refractivity contribution is 6.31. The van der Waals surface area contributed by atoms with Crippen LogP contribution < -0.4 is 5.32 Å². The topological polar surface area (TPSA) is 46.2 Å². The van der Waals surface area contributed by atoms with Crippen LogP contribution in [0.5, 0.6) is 0 Å². The Morgan fingerprint density at radius 3 is 2.62 bits per heavy atom. The lowest BCUT2D eigenvalue weighted by Gasteiger charge is -2.17. The van der Waals surface area contributed by atoms with Gasteiger partial charge in [0.05, 0.1) is 0 Å². The van der Waals surface area contributed by atoms with Crippen LogP contribution in [-0.4, -0.2) is 18.2 Å². The number of rotatable bonds is 2. The largest absolute Gasteiger partial charge is 0.352 e. The van der Waals surface area contributed by atoms with Crippen molar-refractivity contribution in [2.75, 3.05) is 6.54 Å². The maximum Gasteiger partial charge on any atom is 0.251 e. The zero-order valence-corrected chi connectivity index (χ0v) is 12.3. The molecule has 1 amide bonds. The number of aryl methyl sites for hydroxylation is 1. The van der Waals surface area contributed by atoms with E-state index in [-0.39, 0.29) is 11.7 Å². The Bertz CT molecular complexity index is 752. The van der Waals surface area contributed by atoms with E-state index in [1.54, 1.807) is 30.3 Å². The summed E-state index contributed by atoms with van der Waals surface area (Å²) in [5.41, 5.74) is 3.54. The number of carbonyl (C=O) groups excluding carboxylic acids is 2. The molecule has 106 valence electrons. The van der Waals surface area contributed by atoms with Gasteiger partial charge in [0.2, 0.25) is 0 Å². The highest BCUT2D eigenvalue weighted by atomic mass is 35.5. The predicted octanol–water partition coefficient (Wildman–Crippen LogP) is 3.17. The lowest BCUT2D eigenvalue weighted by atomic mass is 9.94. The Kier molecular flexibility index (Phi) is 3.52. The molecule has 21 heavy (non-hydrogen) atoms. The molecule has 1 aliphatic rings. The molecule has 0 spiro atoms. The van der Waals surface area contributed by atoms with Crippen LogP contribution in [0.4, 0.5) is 0 Å². The zero-order valence-electron chi connectivity index (χ0n) is 11.6. The second kappa shape index (κ2) is 5.34. The van der Waals surface area contributed by atoms with Crippen molar-refractivity contribution >= 4 is 23.3 Å². The third kappa shape index (κ3) is 2.57. The molecule has 0 bridgehead atoms. The first kappa shape index (κ1) is 13.8. The van der Waals surface area contributed by atoms with E-state index in [4.69, 9.17) is 11.6 Å². The van der Waals surface area contributed by atoms with Gasteiger partial charge in [-0.05, 0) is 48.7 Å². The molecule has 0 aliphatic carbocycles. The number of benzene rings is 2. The van der Waals surface area contributed by atoms with Crippen molar-refractivity contribution in [3.05, 3.63) is 69.2 Å². The molecular formula is C17H14ClNO2. The minimum absolute atomic E-state index is 0.101. The average Bonchev–Trinajstić information content (AvgIpc) is 2.49. The van der Waals surface area contributed by atoms with Crippen LogP contribution in [0.25, 0.3) is 0 Å². The van der Waals surface area contributed by atoms with E-state index in [2.05, 4.69) is 5.32 Å². The number of carbonyl (C=O) groups is 2. The molecule has 0 atom stereocenters. The molecule has 4 heteroatoms. The highest BCUT2D eigenvalue weighted by Gasteiger charge is 2.19. The van der Waals surface area contributed by atoms with Crippen LogP contribution in [-0.2, 0) is 6.42 Å². The fourth-order valence-corrected chi connectivity index (χ4v) is 2.62. The van der Waals surface area contributed by atoms with E-state index in [0.717, 1.165) is 17.5 Å². The number of hydrogen-bond acceptors (Lipinski definition) is 2. The number of halogens is 1. The predicted molar refractivity (Wildman–Crippen MR) is 82.1 cm³/mol. The SMILES string of the molecule is Cc1cc(C(=O)c2ccc3c(c2)C(=O)NCC3)ccc1Cl. The maximum atomic E-state index is 12.5. The third-order valence-corrected chi connectivity index (χ3v) is 4.14. The number of amides is 1. The van der Waals surface area contributed by atoms with Crippen molar-refractivity contribution in [3.63, 3.8) is 0 Å². The molecule has 0 unspecified atom stereocenters. The van der Waals surface area contributed by atoms with Crippen LogP contribution in [0.2, 0.25) is 5.02 Å². The summed E-state index contributed by atoms with van der Waals surface area (Å²) in [5, 5.41) is 3.43. The van der Waals surface area contributed by atoms with Crippen LogP contribution in [0.3, 0.4) is 0 Å². The Morgan fingerprint density at radius 2 is 1.86 bits per heavy atom. The normalized spacial score (nSPS) is 13.5. The van der Waals surface area contributed by atoms with Gasteiger partial charge < -0.3 is 5.32 Å². The Morgan fingerprint density at radius 1 is 1.14 bits per heavy atom. The highest BCUT2D eigenvalue weighted by Crippen LogP contribution is 2.21. The number of nitrogens with one attached hydrogen (secondary N) is 1. The summed E-state index contributed by atoms with van der Waals surface area (Å²) >= 11 is 5.98. The minimum Gasteiger partial charge on any atom is -0.352 e. The molecule has 0 saturated heterocycles. The lowest BCUT2D eigenvalue weighted by molar-refractivity contribution is 0.0946. The molecule has 2 aromatic rings. The zero-order chi connectivity index (χ0) is 15.0. The summed E-state index contributed by atoms with van der Waals surface area (Å²) in [7, 11) is 0. The Labute approximate surface area is 127 Å². The molecule has 0 radical (unpaired) electrons. The summed E-state index contributed by atoms with van der Waals surface area (Å²) in [5.74, 6) is -0.214. The Hall–Kier alpha value is -2.13.